The van der Waals surface area contributed by atoms with Gasteiger partial charge in [0, 0.05) is 6.54 Å². The van der Waals surface area contributed by atoms with Crippen LogP contribution in [0.1, 0.15) is 37.2 Å². The van der Waals surface area contributed by atoms with Crippen molar-refractivity contribution in [2.75, 3.05) is 0 Å². The first-order valence-electron chi connectivity index (χ1n) is 11.6. The summed E-state index contributed by atoms with van der Waals surface area (Å²) in [4.78, 5) is 0.199. The highest BCUT2D eigenvalue weighted by atomic mass is 32.2. The molecule has 1 aliphatic rings. The minimum absolute atomic E-state index is 0.0385. The van der Waals surface area contributed by atoms with Gasteiger partial charge in [-0.1, -0.05) is 35.5 Å². The Morgan fingerprint density at radius 3 is 2.58 bits per heavy atom. The number of aryl methyl sites for hydroxylation is 1. The number of hydrogen-bond donors (Lipinski definition) is 1. The second kappa shape index (κ2) is 9.71. The molecule has 5 rings (SSSR count). The average molecular weight is 506 g/mol. The molecule has 0 unspecified atom stereocenters. The van der Waals surface area contributed by atoms with Gasteiger partial charge in [0.1, 0.15) is 22.8 Å². The summed E-state index contributed by atoms with van der Waals surface area (Å²) in [5, 5.41) is 13.9. The van der Waals surface area contributed by atoms with Crippen LogP contribution in [0, 0.1) is 0 Å². The van der Waals surface area contributed by atoms with E-state index in [-0.39, 0.29) is 29.4 Å². The highest BCUT2D eigenvalue weighted by Crippen LogP contribution is 2.35. The fraction of sp³-hybridized carbons (Fsp3) is 0.269. The highest BCUT2D eigenvalue weighted by Gasteiger charge is 2.30. The van der Waals surface area contributed by atoms with E-state index in [4.69, 9.17) is 9.47 Å². The molecular formula is C26H27N5O4S. The van der Waals surface area contributed by atoms with E-state index < -0.39 is 10.0 Å². The second-order valence-electron chi connectivity index (χ2n) is 9.29. The van der Waals surface area contributed by atoms with Gasteiger partial charge in [0.25, 0.3) is 0 Å². The molecule has 1 N–H and O–H groups in total. The lowest BCUT2D eigenvalue weighted by Gasteiger charge is -2.33. The Hall–Kier alpha value is -3.76. The molecule has 0 spiro atoms. The molecule has 186 valence electrons. The maximum absolute atomic E-state index is 13.8. The van der Waals surface area contributed by atoms with E-state index in [1.165, 1.54) is 4.31 Å². The minimum Gasteiger partial charge on any atom is -0.488 e. The van der Waals surface area contributed by atoms with Gasteiger partial charge in [-0.05, 0) is 80.3 Å². The molecule has 0 radical (unpaired) electrons. The molecule has 10 heteroatoms. The first-order chi connectivity index (χ1) is 17.3. The maximum Gasteiger partial charge on any atom is 0.243 e. The van der Waals surface area contributed by atoms with Gasteiger partial charge in [0.15, 0.2) is 5.82 Å². The summed E-state index contributed by atoms with van der Waals surface area (Å²) in [6.07, 6.45) is 1.56. The lowest BCUT2D eigenvalue weighted by molar-refractivity contribution is 0.0845. The van der Waals surface area contributed by atoms with Gasteiger partial charge in [-0.3, -0.25) is 0 Å². The van der Waals surface area contributed by atoms with Gasteiger partial charge in [-0.2, -0.15) is 9.52 Å². The van der Waals surface area contributed by atoms with Gasteiger partial charge in [-0.15, -0.1) is 10.2 Å². The first kappa shape index (κ1) is 24.0. The zero-order chi connectivity index (χ0) is 25.2. The van der Waals surface area contributed by atoms with Crippen LogP contribution in [0.2, 0.25) is 0 Å². The molecule has 3 aromatic carbocycles. The maximum atomic E-state index is 13.8. The Labute approximate surface area is 210 Å². The Kier molecular flexibility index (Phi) is 6.46. The number of tetrazole rings is 1. The van der Waals surface area contributed by atoms with Crippen molar-refractivity contribution < 1.29 is 17.9 Å². The lowest BCUT2D eigenvalue weighted by atomic mass is 9.94. The summed E-state index contributed by atoms with van der Waals surface area (Å²) in [7, 11) is -3.89. The standard InChI is InChI=1S/C26H27N5O4S/c1-26(2)14-13-20-16-23(11-12-24(20)35-26)36(32,33)31(18-25-27-29-30-28-25)17-19-7-6-10-22(15-19)34-21-8-4-3-5-9-21/h3-12,15-16H,13-14,17-18H2,1-2H3,(H,27,28,29,30). The molecule has 0 saturated heterocycles. The van der Waals surface area contributed by atoms with Crippen molar-refractivity contribution in [3.63, 3.8) is 0 Å². The fourth-order valence-electron chi connectivity index (χ4n) is 4.11. The third-order valence-corrected chi connectivity index (χ3v) is 7.78. The average Bonchev–Trinajstić information content (AvgIpc) is 3.37. The number of hydrogen-bond acceptors (Lipinski definition) is 7. The molecule has 0 saturated carbocycles. The van der Waals surface area contributed by atoms with Gasteiger partial charge < -0.3 is 9.47 Å². The molecular weight excluding hydrogens is 478 g/mol. The zero-order valence-corrected chi connectivity index (χ0v) is 20.9. The number of ether oxygens (including phenoxy) is 2. The number of rotatable bonds is 8. The Bertz CT molecular complexity index is 1440. The summed E-state index contributed by atoms with van der Waals surface area (Å²) in [6.45, 7) is 4.12. The van der Waals surface area contributed by atoms with E-state index in [0.29, 0.717) is 11.5 Å². The van der Waals surface area contributed by atoms with Crippen molar-refractivity contribution >= 4 is 10.0 Å². The minimum atomic E-state index is -3.89. The van der Waals surface area contributed by atoms with Crippen LogP contribution in [0.3, 0.4) is 0 Å². The van der Waals surface area contributed by atoms with Crippen LogP contribution < -0.4 is 9.47 Å². The third kappa shape index (κ3) is 5.39. The van der Waals surface area contributed by atoms with Crippen LogP contribution >= 0.6 is 0 Å². The number of nitrogens with one attached hydrogen (secondary N) is 1. The predicted octanol–water partition coefficient (Wildman–Crippen LogP) is 4.49. The largest absolute Gasteiger partial charge is 0.488 e. The number of aromatic amines is 1. The Morgan fingerprint density at radius 2 is 1.81 bits per heavy atom. The molecule has 0 amide bonds. The van der Waals surface area contributed by atoms with E-state index in [1.54, 1.807) is 18.2 Å². The smallest absolute Gasteiger partial charge is 0.243 e. The summed E-state index contributed by atoms with van der Waals surface area (Å²) in [5.74, 6) is 2.31. The SMILES string of the molecule is CC1(C)CCc2cc(S(=O)(=O)N(Cc3cccc(Oc4ccccc4)c3)Cc3nn[nH]n3)ccc2O1. The number of benzene rings is 3. The van der Waals surface area contributed by atoms with E-state index in [0.717, 1.165) is 29.7 Å². The number of H-pyrrole nitrogens is 1. The monoisotopic (exact) mass is 505 g/mol. The topological polar surface area (TPSA) is 110 Å². The molecule has 1 aliphatic heterocycles. The van der Waals surface area contributed by atoms with Crippen LogP contribution in [0.5, 0.6) is 17.2 Å². The highest BCUT2D eigenvalue weighted by molar-refractivity contribution is 7.89. The van der Waals surface area contributed by atoms with Crippen molar-refractivity contribution in [1.29, 1.82) is 0 Å². The molecule has 4 aromatic rings. The van der Waals surface area contributed by atoms with E-state index in [9.17, 15) is 8.42 Å². The van der Waals surface area contributed by atoms with Crippen molar-refractivity contribution in [3.8, 4) is 17.2 Å². The number of fused-ring (bicyclic) bond motifs is 1. The van der Waals surface area contributed by atoms with Crippen LogP contribution in [-0.2, 0) is 29.5 Å². The van der Waals surface area contributed by atoms with Gasteiger partial charge in [-0.25, -0.2) is 8.42 Å². The van der Waals surface area contributed by atoms with Crippen molar-refractivity contribution in [3.05, 3.63) is 89.7 Å². The summed E-state index contributed by atoms with van der Waals surface area (Å²) >= 11 is 0. The van der Waals surface area contributed by atoms with Gasteiger partial charge >= 0.3 is 0 Å². The summed E-state index contributed by atoms with van der Waals surface area (Å²) in [6, 6.07) is 21.8. The molecule has 9 nitrogen and oxygen atoms in total. The molecule has 0 atom stereocenters. The zero-order valence-electron chi connectivity index (χ0n) is 20.1. The predicted molar refractivity (Wildman–Crippen MR) is 133 cm³/mol. The number of sulfonamides is 1. The third-order valence-electron chi connectivity index (χ3n) is 6.00. The van der Waals surface area contributed by atoms with E-state index >= 15 is 0 Å². The molecule has 0 bridgehead atoms. The fourth-order valence-corrected chi connectivity index (χ4v) is 5.55. The Morgan fingerprint density at radius 1 is 1.00 bits per heavy atom. The Balaban J connectivity index is 1.44. The summed E-state index contributed by atoms with van der Waals surface area (Å²) in [5.41, 5.74) is 1.37. The normalized spacial score (nSPS) is 14.8. The summed E-state index contributed by atoms with van der Waals surface area (Å²) < 4.78 is 41.0. The molecule has 1 aromatic heterocycles. The first-order valence-corrected chi connectivity index (χ1v) is 13.1. The molecule has 0 aliphatic carbocycles. The van der Waals surface area contributed by atoms with Crippen LogP contribution in [0.15, 0.2) is 77.7 Å². The van der Waals surface area contributed by atoms with Crippen molar-refractivity contribution in [2.45, 2.75) is 50.3 Å². The number of aromatic nitrogens is 4. The van der Waals surface area contributed by atoms with Crippen LogP contribution in [-0.4, -0.2) is 38.9 Å². The number of nitrogens with zero attached hydrogens (tertiary/aromatic N) is 4. The van der Waals surface area contributed by atoms with Gasteiger partial charge in [0.05, 0.1) is 11.4 Å². The van der Waals surface area contributed by atoms with E-state index in [1.807, 2.05) is 68.4 Å². The molecule has 0 fully saturated rings. The van der Waals surface area contributed by atoms with E-state index in [2.05, 4.69) is 20.6 Å². The van der Waals surface area contributed by atoms with Crippen molar-refractivity contribution in [1.82, 2.24) is 24.9 Å². The van der Waals surface area contributed by atoms with Crippen LogP contribution in [0.25, 0.3) is 0 Å². The molecule has 2 heterocycles. The quantitative estimate of drug-likeness (QED) is 0.376. The molecule has 36 heavy (non-hydrogen) atoms. The van der Waals surface area contributed by atoms with Crippen LogP contribution in [0.4, 0.5) is 0 Å². The lowest BCUT2D eigenvalue weighted by Crippen LogP contribution is -2.33. The van der Waals surface area contributed by atoms with Gasteiger partial charge in [0.2, 0.25) is 10.0 Å². The van der Waals surface area contributed by atoms with Crippen molar-refractivity contribution in [2.24, 2.45) is 0 Å². The second-order valence-corrected chi connectivity index (χ2v) is 11.2. The number of para-hydroxylation sites is 1.